The van der Waals surface area contributed by atoms with Gasteiger partial charge in [0.1, 0.15) is 11.5 Å². The van der Waals surface area contributed by atoms with Gasteiger partial charge in [0.2, 0.25) is 0 Å². The maximum Gasteiger partial charge on any atom is 0.419 e. The van der Waals surface area contributed by atoms with Gasteiger partial charge in [-0.05, 0) is 65.9 Å². The summed E-state index contributed by atoms with van der Waals surface area (Å²) in [5.74, 6) is 0.881. The summed E-state index contributed by atoms with van der Waals surface area (Å²) < 4.78 is 56.3. The lowest BCUT2D eigenvalue weighted by atomic mass is 9.63. The lowest BCUT2D eigenvalue weighted by molar-refractivity contribution is -0.275. The second kappa shape index (κ2) is 9.74. The molecule has 4 aromatic rings. The summed E-state index contributed by atoms with van der Waals surface area (Å²) in [6.45, 7) is 3.26. The predicted molar refractivity (Wildman–Crippen MR) is 149 cm³/mol. The summed E-state index contributed by atoms with van der Waals surface area (Å²) in [7, 11) is 2.95. The lowest BCUT2D eigenvalue weighted by Gasteiger charge is -2.49. The van der Waals surface area contributed by atoms with Gasteiger partial charge in [-0.15, -0.1) is 0 Å². The number of aliphatic hydroxyl groups is 1. The third-order valence-electron chi connectivity index (χ3n) is 7.58. The van der Waals surface area contributed by atoms with Gasteiger partial charge in [-0.25, -0.2) is 0 Å². The number of anilines is 1. The Morgan fingerprint density at radius 3 is 2.33 bits per heavy atom. The zero-order chi connectivity index (χ0) is 29.0. The van der Waals surface area contributed by atoms with E-state index in [4.69, 9.17) is 21.1 Å². The average Bonchev–Trinajstić information content (AvgIpc) is 2.90. The van der Waals surface area contributed by atoms with Crippen molar-refractivity contribution in [2.45, 2.75) is 43.5 Å². The predicted octanol–water partition coefficient (Wildman–Crippen LogP) is 6.79. The number of hydrogen-bond donors (Lipinski definition) is 2. The number of alkyl halides is 3. The van der Waals surface area contributed by atoms with Crippen LogP contribution in [0.1, 0.15) is 37.4 Å². The van der Waals surface area contributed by atoms with Gasteiger partial charge in [-0.2, -0.15) is 13.2 Å². The van der Waals surface area contributed by atoms with Crippen LogP contribution in [0, 0.1) is 0 Å². The highest BCUT2D eigenvalue weighted by atomic mass is 35.5. The van der Waals surface area contributed by atoms with Crippen LogP contribution in [0.5, 0.6) is 11.5 Å². The molecule has 5 rings (SSSR count). The minimum atomic E-state index is -4.97. The Balaban J connectivity index is 1.72. The molecule has 0 spiro atoms. The van der Waals surface area contributed by atoms with Gasteiger partial charge in [0.15, 0.2) is 5.60 Å². The number of fused-ring (bicyclic) bond motifs is 2. The standard InChI is InChI=1S/C30H28ClF3N2O4/c1-28(2)16-29(38,30(32,33)34)27(20-12-14-21(31)26(40-4)25(20)28)35-22-6-5-7-23-19(22)13-15-24(37)36(23)17-8-10-18(39-3)11-9-17/h5-15,27,35,38H,16H2,1-4H3. The van der Waals surface area contributed by atoms with Crippen molar-refractivity contribution in [3.05, 3.63) is 93.2 Å². The van der Waals surface area contributed by atoms with E-state index in [1.54, 1.807) is 62.4 Å². The molecule has 2 unspecified atom stereocenters. The number of hydrogen-bond acceptors (Lipinski definition) is 5. The molecule has 1 aliphatic carbocycles. The van der Waals surface area contributed by atoms with E-state index in [0.717, 1.165) is 0 Å². The van der Waals surface area contributed by atoms with Crippen molar-refractivity contribution in [2.75, 3.05) is 19.5 Å². The number of benzene rings is 3. The number of rotatable bonds is 5. The Kier molecular flexibility index (Phi) is 6.79. The van der Waals surface area contributed by atoms with Crippen LogP contribution in [-0.2, 0) is 5.41 Å². The van der Waals surface area contributed by atoms with Crippen LogP contribution in [0.4, 0.5) is 18.9 Å². The maximum atomic E-state index is 14.7. The molecule has 1 aromatic heterocycles. The Morgan fingerprint density at radius 2 is 1.70 bits per heavy atom. The number of ether oxygens (including phenoxy) is 2. The summed E-state index contributed by atoms with van der Waals surface area (Å²) in [6, 6.07) is 16.1. The van der Waals surface area contributed by atoms with Gasteiger partial charge in [-0.3, -0.25) is 9.36 Å². The van der Waals surface area contributed by atoms with Gasteiger partial charge < -0.3 is 19.9 Å². The van der Waals surface area contributed by atoms with E-state index in [0.29, 0.717) is 33.6 Å². The fourth-order valence-electron chi connectivity index (χ4n) is 5.84. The van der Waals surface area contributed by atoms with Crippen LogP contribution >= 0.6 is 11.6 Å². The largest absolute Gasteiger partial charge is 0.497 e. The van der Waals surface area contributed by atoms with Crippen molar-refractivity contribution in [2.24, 2.45) is 0 Å². The molecule has 0 amide bonds. The Bertz CT molecular complexity index is 1650. The third-order valence-corrected chi connectivity index (χ3v) is 7.88. The molecular weight excluding hydrogens is 545 g/mol. The Labute approximate surface area is 233 Å². The highest BCUT2D eigenvalue weighted by Gasteiger charge is 2.64. The van der Waals surface area contributed by atoms with Crippen LogP contribution in [0.2, 0.25) is 5.02 Å². The highest BCUT2D eigenvalue weighted by Crippen LogP contribution is 2.57. The van der Waals surface area contributed by atoms with E-state index in [1.165, 1.54) is 37.0 Å². The van der Waals surface area contributed by atoms with E-state index in [1.807, 2.05) is 0 Å². The van der Waals surface area contributed by atoms with Gasteiger partial charge in [0.25, 0.3) is 5.56 Å². The van der Waals surface area contributed by atoms with E-state index >= 15 is 0 Å². The van der Waals surface area contributed by atoms with E-state index < -0.39 is 29.7 Å². The molecule has 0 fully saturated rings. The molecule has 2 atom stereocenters. The zero-order valence-corrected chi connectivity index (χ0v) is 23.0. The molecule has 3 aromatic carbocycles. The summed E-state index contributed by atoms with van der Waals surface area (Å²) in [5, 5.41) is 15.2. The summed E-state index contributed by atoms with van der Waals surface area (Å²) in [4.78, 5) is 13.0. The normalized spacial score (nSPS) is 20.2. The molecule has 0 radical (unpaired) electrons. The summed E-state index contributed by atoms with van der Waals surface area (Å²) in [6.07, 6.45) is -5.60. The van der Waals surface area contributed by atoms with Crippen LogP contribution in [0.25, 0.3) is 16.6 Å². The fourth-order valence-corrected chi connectivity index (χ4v) is 6.08. The molecule has 0 saturated heterocycles. The van der Waals surface area contributed by atoms with E-state index in [9.17, 15) is 23.1 Å². The monoisotopic (exact) mass is 572 g/mol. The second-order valence-corrected chi connectivity index (χ2v) is 11.0. The van der Waals surface area contributed by atoms with Gasteiger partial charge in [0, 0.05) is 28.4 Å². The van der Waals surface area contributed by atoms with Crippen LogP contribution in [0.15, 0.2) is 71.5 Å². The lowest BCUT2D eigenvalue weighted by Crippen LogP contribution is -2.58. The van der Waals surface area contributed by atoms with E-state index in [2.05, 4.69) is 5.32 Å². The van der Waals surface area contributed by atoms with Crippen molar-refractivity contribution in [3.8, 4) is 17.2 Å². The number of nitrogens with zero attached hydrogens (tertiary/aromatic N) is 1. The minimum Gasteiger partial charge on any atom is -0.497 e. The molecule has 1 aliphatic rings. The average molecular weight is 573 g/mol. The molecule has 0 saturated carbocycles. The summed E-state index contributed by atoms with van der Waals surface area (Å²) in [5.41, 5.74) is -2.51. The first-order valence-corrected chi connectivity index (χ1v) is 12.9. The number of methoxy groups -OCH3 is 2. The van der Waals surface area contributed by atoms with Crippen LogP contribution < -0.4 is 20.3 Å². The molecule has 6 nitrogen and oxygen atoms in total. The molecule has 0 bridgehead atoms. The maximum absolute atomic E-state index is 14.7. The van der Waals surface area contributed by atoms with Gasteiger partial charge in [-0.1, -0.05) is 37.6 Å². The van der Waals surface area contributed by atoms with Gasteiger partial charge in [0.05, 0.1) is 30.8 Å². The van der Waals surface area contributed by atoms with E-state index in [-0.39, 0.29) is 21.9 Å². The van der Waals surface area contributed by atoms with Crippen molar-refractivity contribution in [3.63, 3.8) is 0 Å². The second-order valence-electron chi connectivity index (χ2n) is 10.5. The molecule has 0 aliphatic heterocycles. The Morgan fingerprint density at radius 1 is 1.00 bits per heavy atom. The van der Waals surface area contributed by atoms with Crippen LogP contribution in [0.3, 0.4) is 0 Å². The molecule has 40 heavy (non-hydrogen) atoms. The van der Waals surface area contributed by atoms with Crippen molar-refractivity contribution >= 4 is 28.2 Å². The molecule has 1 heterocycles. The highest BCUT2D eigenvalue weighted by molar-refractivity contribution is 6.32. The quantitative estimate of drug-likeness (QED) is 0.275. The zero-order valence-electron chi connectivity index (χ0n) is 22.3. The van der Waals surface area contributed by atoms with Gasteiger partial charge >= 0.3 is 6.18 Å². The molecule has 210 valence electrons. The molecule has 10 heteroatoms. The SMILES string of the molecule is COc1ccc(-n2c(=O)ccc3c(NC4c5ccc(Cl)c(OC)c5C(C)(C)CC4(O)C(F)(F)F)cccc32)cc1. The first-order valence-electron chi connectivity index (χ1n) is 12.5. The first kappa shape index (κ1) is 27.9. The van der Waals surface area contributed by atoms with Crippen LogP contribution in [-0.4, -0.2) is 35.7 Å². The van der Waals surface area contributed by atoms with Crippen molar-refractivity contribution < 1.29 is 27.8 Å². The Hall–Kier alpha value is -3.69. The smallest absolute Gasteiger partial charge is 0.419 e. The molecular formula is C30H28ClF3N2O4. The minimum absolute atomic E-state index is 0.220. The number of aromatic nitrogens is 1. The van der Waals surface area contributed by atoms with Crippen molar-refractivity contribution in [1.29, 1.82) is 0 Å². The third kappa shape index (κ3) is 4.37. The fraction of sp³-hybridized carbons (Fsp3) is 0.300. The number of pyridine rings is 1. The molecule has 2 N–H and O–H groups in total. The number of nitrogens with one attached hydrogen (secondary N) is 1. The first-order chi connectivity index (χ1) is 18.8. The number of halogens is 4. The van der Waals surface area contributed by atoms with Crippen molar-refractivity contribution in [1.82, 2.24) is 4.57 Å². The summed E-state index contributed by atoms with van der Waals surface area (Å²) >= 11 is 6.37. The topological polar surface area (TPSA) is 72.7 Å².